The molecule has 0 aliphatic heterocycles. The van der Waals surface area contributed by atoms with E-state index >= 15 is 0 Å². The van der Waals surface area contributed by atoms with Crippen LogP contribution in [0.3, 0.4) is 0 Å². The molecule has 0 aromatic rings. The lowest BCUT2D eigenvalue weighted by Crippen LogP contribution is -2.28. The molecule has 0 saturated heterocycles. The molecule has 9 heteroatoms. The van der Waals surface area contributed by atoms with Crippen molar-refractivity contribution in [3.8, 4) is 0 Å². The summed E-state index contributed by atoms with van der Waals surface area (Å²) in [4.78, 5) is 22.5. The maximum absolute atomic E-state index is 12.6. The van der Waals surface area contributed by atoms with E-state index in [2.05, 4.69) is 86.8 Å². The molecule has 0 aromatic heterocycles. The van der Waals surface area contributed by atoms with E-state index in [0.717, 1.165) is 83.5 Å². The third-order valence-corrected chi connectivity index (χ3v) is 10.3. The van der Waals surface area contributed by atoms with Gasteiger partial charge in [-0.3, -0.25) is 13.8 Å². The molecule has 2 atom stereocenters. The minimum absolute atomic E-state index is 0.0935. The highest BCUT2D eigenvalue weighted by molar-refractivity contribution is 7.47. The molecule has 330 valence electrons. The van der Waals surface area contributed by atoms with Gasteiger partial charge in [-0.25, -0.2) is 4.57 Å². The highest BCUT2D eigenvalue weighted by Gasteiger charge is 2.25. The predicted octanol–water partition coefficient (Wildman–Crippen LogP) is 13.9. The van der Waals surface area contributed by atoms with Gasteiger partial charge in [0.2, 0.25) is 0 Å². The molecule has 57 heavy (non-hydrogen) atoms. The van der Waals surface area contributed by atoms with E-state index in [-0.39, 0.29) is 32.3 Å². The van der Waals surface area contributed by atoms with Crippen LogP contribution in [0.4, 0.5) is 0 Å². The van der Waals surface area contributed by atoms with Crippen LogP contribution in [0, 0.1) is 0 Å². The topological polar surface area (TPSA) is 117 Å². The number of rotatable bonds is 43. The number of unbranched alkanes of at least 4 members (excludes halogenated alkanes) is 18. The van der Waals surface area contributed by atoms with Crippen molar-refractivity contribution in [2.45, 2.75) is 193 Å². The molecule has 0 aromatic carbocycles. The van der Waals surface area contributed by atoms with Crippen molar-refractivity contribution in [1.82, 2.24) is 0 Å². The van der Waals surface area contributed by atoms with Crippen LogP contribution in [0.5, 0.6) is 0 Å². The Morgan fingerprint density at radius 2 is 0.982 bits per heavy atom. The summed E-state index contributed by atoms with van der Waals surface area (Å²) < 4.78 is 33.5. The Hall–Kier alpha value is -2.06. The first-order valence-corrected chi connectivity index (χ1v) is 24.4. The Labute approximate surface area is 350 Å². The average Bonchev–Trinajstić information content (AvgIpc) is 3.20. The van der Waals surface area contributed by atoms with Gasteiger partial charge >= 0.3 is 13.8 Å². The summed E-state index contributed by atoms with van der Waals surface area (Å²) in [6, 6.07) is 0. The first-order valence-electron chi connectivity index (χ1n) is 22.9. The minimum Gasteiger partial charge on any atom is -0.457 e. The van der Waals surface area contributed by atoms with Crippen LogP contribution in [-0.2, 0) is 27.9 Å². The molecule has 2 unspecified atom stereocenters. The van der Waals surface area contributed by atoms with Crippen LogP contribution in [0.25, 0.3) is 0 Å². The third-order valence-electron chi connectivity index (χ3n) is 9.36. The number of esters is 1. The van der Waals surface area contributed by atoms with Gasteiger partial charge in [-0.2, -0.15) is 0 Å². The van der Waals surface area contributed by atoms with E-state index in [1.165, 1.54) is 83.5 Å². The minimum atomic E-state index is -4.29. The quantitative estimate of drug-likeness (QED) is 0.0270. The van der Waals surface area contributed by atoms with Crippen molar-refractivity contribution in [3.05, 3.63) is 72.9 Å². The molecule has 0 heterocycles. The van der Waals surface area contributed by atoms with Crippen molar-refractivity contribution < 1.29 is 32.8 Å². The maximum Gasteiger partial charge on any atom is 0.472 e. The van der Waals surface area contributed by atoms with Gasteiger partial charge in [0.25, 0.3) is 0 Å². The van der Waals surface area contributed by atoms with Gasteiger partial charge in [-0.05, 0) is 83.5 Å². The van der Waals surface area contributed by atoms with Crippen LogP contribution < -0.4 is 5.73 Å². The van der Waals surface area contributed by atoms with Gasteiger partial charge in [-0.15, -0.1) is 0 Å². The second-order valence-electron chi connectivity index (χ2n) is 14.9. The van der Waals surface area contributed by atoms with Crippen molar-refractivity contribution in [2.75, 3.05) is 33.0 Å². The molecular weight excluding hydrogens is 734 g/mol. The van der Waals surface area contributed by atoms with Crippen LogP contribution in [0.2, 0.25) is 0 Å². The fraction of sp³-hybridized carbons (Fsp3) is 0.729. The summed E-state index contributed by atoms with van der Waals surface area (Å²) >= 11 is 0. The van der Waals surface area contributed by atoms with Gasteiger partial charge in [0.15, 0.2) is 0 Å². The van der Waals surface area contributed by atoms with Gasteiger partial charge in [0, 0.05) is 19.6 Å². The molecular formula is C48H86NO7P. The van der Waals surface area contributed by atoms with Gasteiger partial charge < -0.3 is 20.1 Å². The predicted molar refractivity (Wildman–Crippen MR) is 242 cm³/mol. The van der Waals surface area contributed by atoms with Gasteiger partial charge in [-0.1, -0.05) is 170 Å². The zero-order valence-electron chi connectivity index (χ0n) is 36.6. The largest absolute Gasteiger partial charge is 0.472 e. The summed E-state index contributed by atoms with van der Waals surface area (Å²) in [6.45, 7) is 4.75. The third kappa shape index (κ3) is 44.9. The average molecular weight is 820 g/mol. The van der Waals surface area contributed by atoms with Crippen LogP contribution in [0.1, 0.15) is 187 Å². The highest BCUT2D eigenvalue weighted by atomic mass is 31.2. The van der Waals surface area contributed by atoms with E-state index in [1.54, 1.807) is 0 Å². The van der Waals surface area contributed by atoms with Crippen LogP contribution in [0.15, 0.2) is 72.9 Å². The van der Waals surface area contributed by atoms with Crippen molar-refractivity contribution in [1.29, 1.82) is 0 Å². The van der Waals surface area contributed by atoms with E-state index < -0.39 is 13.9 Å². The molecule has 0 fully saturated rings. The van der Waals surface area contributed by atoms with Crippen molar-refractivity contribution >= 4 is 13.8 Å². The smallest absolute Gasteiger partial charge is 0.457 e. The number of nitrogens with two attached hydrogens (primary N) is 1. The molecule has 0 saturated carbocycles. The second-order valence-corrected chi connectivity index (χ2v) is 16.3. The fourth-order valence-corrected chi connectivity index (χ4v) is 6.78. The number of ether oxygens (including phenoxy) is 2. The lowest BCUT2D eigenvalue weighted by Gasteiger charge is -2.20. The molecule has 0 amide bonds. The first-order chi connectivity index (χ1) is 27.9. The Kier molecular flexibility index (Phi) is 43.4. The van der Waals surface area contributed by atoms with E-state index in [0.29, 0.717) is 13.0 Å². The molecule has 0 rings (SSSR count). The van der Waals surface area contributed by atoms with Crippen LogP contribution >= 0.6 is 7.82 Å². The Balaban J connectivity index is 4.03. The monoisotopic (exact) mass is 820 g/mol. The highest BCUT2D eigenvalue weighted by Crippen LogP contribution is 2.43. The standard InChI is InChI=1S/C48H86NO7P/c1-3-5-7-9-11-13-15-17-19-21-22-23-24-25-26-28-30-32-34-36-38-40-43-53-45-47(46-55-57(51,52)54-44-42-49)56-48(50)41-39-37-35-33-31-29-27-20-18-16-14-12-10-8-6-4-2/h5,7,11,13-14,16-17,19-20,22-23,27,47H,3-4,6,8-10,12,15,18,21,24-26,28-46,49H2,1-2H3,(H,51,52)/b7-5-,13-11-,16-14-,19-17-,23-22-,27-20-. The number of phosphoric ester groups is 1. The van der Waals surface area contributed by atoms with Crippen LogP contribution in [-0.4, -0.2) is 49.9 Å². The lowest BCUT2D eigenvalue weighted by atomic mass is 10.1. The van der Waals surface area contributed by atoms with E-state index in [9.17, 15) is 14.3 Å². The van der Waals surface area contributed by atoms with Gasteiger partial charge in [0.1, 0.15) is 6.10 Å². The summed E-state index contributed by atoms with van der Waals surface area (Å²) in [6.07, 6.45) is 56.3. The summed E-state index contributed by atoms with van der Waals surface area (Å²) in [5.41, 5.74) is 5.37. The molecule has 0 aliphatic rings. The molecule has 0 aliphatic carbocycles. The molecule has 0 radical (unpaired) electrons. The van der Waals surface area contributed by atoms with Gasteiger partial charge in [0.05, 0.1) is 19.8 Å². The summed E-state index contributed by atoms with van der Waals surface area (Å²) in [7, 11) is -4.29. The zero-order valence-corrected chi connectivity index (χ0v) is 37.4. The second kappa shape index (κ2) is 45.0. The first kappa shape index (κ1) is 54.9. The van der Waals surface area contributed by atoms with Crippen molar-refractivity contribution in [3.63, 3.8) is 0 Å². The molecule has 0 bridgehead atoms. The number of carbonyl (C=O) groups excluding carboxylic acids is 1. The Morgan fingerprint density at radius 3 is 1.47 bits per heavy atom. The normalized spacial score (nSPS) is 14.1. The summed E-state index contributed by atoms with van der Waals surface area (Å²) in [5.74, 6) is -0.348. The number of hydrogen-bond donors (Lipinski definition) is 2. The SMILES string of the molecule is CC/C=C\C/C=C\C/C=C\C/C=C\CCCCCCCCCCCOCC(COP(=O)(O)OCCN)OC(=O)CCCCCCC/C=C\C/C=C\CCCCCC. The van der Waals surface area contributed by atoms with E-state index in [4.69, 9.17) is 24.3 Å². The lowest BCUT2D eigenvalue weighted by molar-refractivity contribution is -0.154. The Morgan fingerprint density at radius 1 is 0.544 bits per heavy atom. The number of allylic oxidation sites excluding steroid dienone is 12. The Bertz CT molecular complexity index is 1100. The van der Waals surface area contributed by atoms with Crippen molar-refractivity contribution in [2.24, 2.45) is 5.73 Å². The molecule has 3 N–H and O–H groups in total. The van der Waals surface area contributed by atoms with E-state index in [1.807, 2.05) is 0 Å². The fourth-order valence-electron chi connectivity index (χ4n) is 6.02. The number of hydrogen-bond acceptors (Lipinski definition) is 7. The maximum atomic E-state index is 12.6. The number of phosphoric acid groups is 1. The zero-order chi connectivity index (χ0) is 41.6. The molecule has 0 spiro atoms. The molecule has 8 nitrogen and oxygen atoms in total. The summed E-state index contributed by atoms with van der Waals surface area (Å²) in [5, 5.41) is 0. The number of carbonyl (C=O) groups is 1.